The van der Waals surface area contributed by atoms with Crippen molar-refractivity contribution in [2.75, 3.05) is 5.32 Å². The SMILES string of the molecule is NC(=Nc1ccc2cccc3c2c1CC3)Nc1ccc(Br)c2ccccc12. The minimum absolute atomic E-state index is 0.405. The van der Waals surface area contributed by atoms with Gasteiger partial charge in [0.25, 0.3) is 0 Å². The van der Waals surface area contributed by atoms with Crippen molar-refractivity contribution in [3.05, 3.63) is 82.3 Å². The number of nitrogens with one attached hydrogen (secondary N) is 1. The van der Waals surface area contributed by atoms with Crippen LogP contribution in [0.1, 0.15) is 11.1 Å². The average molecular weight is 416 g/mol. The average Bonchev–Trinajstić information content (AvgIpc) is 3.13. The summed E-state index contributed by atoms with van der Waals surface area (Å²) >= 11 is 3.61. The van der Waals surface area contributed by atoms with Crippen LogP contribution in [0.4, 0.5) is 11.4 Å². The minimum Gasteiger partial charge on any atom is -0.369 e. The van der Waals surface area contributed by atoms with Gasteiger partial charge < -0.3 is 11.1 Å². The molecule has 132 valence electrons. The van der Waals surface area contributed by atoms with Crippen molar-refractivity contribution in [2.24, 2.45) is 10.7 Å². The zero-order valence-corrected chi connectivity index (χ0v) is 16.3. The highest BCUT2D eigenvalue weighted by Gasteiger charge is 2.17. The summed E-state index contributed by atoms with van der Waals surface area (Å²) in [5.74, 6) is 0.405. The third-order valence-electron chi connectivity index (χ3n) is 5.23. The summed E-state index contributed by atoms with van der Waals surface area (Å²) in [7, 11) is 0. The first kappa shape index (κ1) is 16.3. The fourth-order valence-electron chi connectivity index (χ4n) is 4.02. The van der Waals surface area contributed by atoms with E-state index in [1.54, 1.807) is 0 Å². The van der Waals surface area contributed by atoms with E-state index in [2.05, 4.69) is 63.7 Å². The molecule has 4 aromatic rings. The van der Waals surface area contributed by atoms with Crippen LogP contribution in [0.15, 0.2) is 76.2 Å². The summed E-state index contributed by atoms with van der Waals surface area (Å²) in [6.45, 7) is 0. The smallest absolute Gasteiger partial charge is 0.198 e. The monoisotopic (exact) mass is 415 g/mol. The topological polar surface area (TPSA) is 50.4 Å². The molecule has 0 saturated heterocycles. The molecule has 0 heterocycles. The molecule has 0 unspecified atom stereocenters. The molecule has 0 fully saturated rings. The van der Waals surface area contributed by atoms with Crippen LogP contribution in [-0.4, -0.2) is 5.96 Å². The number of nitrogens with zero attached hydrogens (tertiary/aromatic N) is 1. The number of benzene rings is 4. The van der Waals surface area contributed by atoms with Crippen LogP contribution in [0, 0.1) is 0 Å². The molecule has 0 atom stereocenters. The Labute approximate surface area is 166 Å². The lowest BCUT2D eigenvalue weighted by molar-refractivity contribution is 1.02. The molecule has 4 aromatic carbocycles. The summed E-state index contributed by atoms with van der Waals surface area (Å²) < 4.78 is 1.06. The Kier molecular flexibility index (Phi) is 3.87. The fraction of sp³-hybridized carbons (Fsp3) is 0.0870. The maximum absolute atomic E-state index is 6.28. The normalized spacial score (nSPS) is 13.4. The molecule has 0 bridgehead atoms. The van der Waals surface area contributed by atoms with Gasteiger partial charge >= 0.3 is 0 Å². The molecule has 0 radical (unpaired) electrons. The van der Waals surface area contributed by atoms with Gasteiger partial charge in [0, 0.05) is 15.5 Å². The lowest BCUT2D eigenvalue weighted by Gasteiger charge is -2.11. The first-order valence-electron chi connectivity index (χ1n) is 9.02. The highest BCUT2D eigenvalue weighted by molar-refractivity contribution is 9.10. The van der Waals surface area contributed by atoms with Crippen LogP contribution >= 0.6 is 15.9 Å². The molecule has 5 rings (SSSR count). The molecular formula is C23H18BrN3. The standard InChI is InChI=1S/C23H18BrN3/c24-19-11-13-20(17-7-2-1-6-16(17)19)26-23(25)27-21-12-9-15-5-3-4-14-8-10-18(21)22(14)15/h1-7,9,11-13H,8,10H2,(H3,25,26,27). The summed E-state index contributed by atoms with van der Waals surface area (Å²) in [4.78, 5) is 4.71. The van der Waals surface area contributed by atoms with Crippen LogP contribution < -0.4 is 11.1 Å². The van der Waals surface area contributed by atoms with Crippen LogP contribution in [-0.2, 0) is 12.8 Å². The highest BCUT2D eigenvalue weighted by atomic mass is 79.9. The fourth-order valence-corrected chi connectivity index (χ4v) is 4.50. The first-order chi connectivity index (χ1) is 13.2. The number of aryl methyl sites for hydroxylation is 2. The molecule has 0 aromatic heterocycles. The van der Waals surface area contributed by atoms with Crippen molar-refractivity contribution in [3.8, 4) is 0 Å². The number of nitrogens with two attached hydrogens (primary N) is 1. The van der Waals surface area contributed by atoms with E-state index in [0.717, 1.165) is 39.5 Å². The molecular weight excluding hydrogens is 398 g/mol. The van der Waals surface area contributed by atoms with Gasteiger partial charge in [0.2, 0.25) is 0 Å². The van der Waals surface area contributed by atoms with Crippen molar-refractivity contribution in [1.29, 1.82) is 0 Å². The Morgan fingerprint density at radius 2 is 1.74 bits per heavy atom. The van der Waals surface area contributed by atoms with Crippen molar-refractivity contribution in [2.45, 2.75) is 12.8 Å². The Morgan fingerprint density at radius 1 is 0.889 bits per heavy atom. The lowest BCUT2D eigenvalue weighted by atomic mass is 10.0. The predicted molar refractivity (Wildman–Crippen MR) is 118 cm³/mol. The molecule has 0 spiro atoms. The molecule has 3 N–H and O–H groups in total. The van der Waals surface area contributed by atoms with Crippen LogP contribution in [0.2, 0.25) is 0 Å². The third kappa shape index (κ3) is 2.77. The van der Waals surface area contributed by atoms with Gasteiger partial charge in [-0.15, -0.1) is 0 Å². The van der Waals surface area contributed by atoms with E-state index in [0.29, 0.717) is 5.96 Å². The second-order valence-electron chi connectivity index (χ2n) is 6.84. The summed E-state index contributed by atoms with van der Waals surface area (Å²) in [5, 5.41) is 8.16. The number of aliphatic imine (C=N–C) groups is 1. The molecule has 0 saturated carbocycles. The number of guanidine groups is 1. The van der Waals surface area contributed by atoms with Gasteiger partial charge in [-0.3, -0.25) is 0 Å². The largest absolute Gasteiger partial charge is 0.369 e. The van der Waals surface area contributed by atoms with E-state index in [1.165, 1.54) is 21.9 Å². The van der Waals surface area contributed by atoms with Crippen LogP contribution in [0.25, 0.3) is 21.5 Å². The van der Waals surface area contributed by atoms with Crippen molar-refractivity contribution >= 4 is 54.8 Å². The van der Waals surface area contributed by atoms with E-state index in [-0.39, 0.29) is 0 Å². The maximum Gasteiger partial charge on any atom is 0.198 e. The van der Waals surface area contributed by atoms with Crippen molar-refractivity contribution < 1.29 is 0 Å². The second kappa shape index (κ2) is 6.39. The molecule has 0 amide bonds. The van der Waals surface area contributed by atoms with Gasteiger partial charge in [0.15, 0.2) is 5.96 Å². The number of hydrogen-bond donors (Lipinski definition) is 2. The van der Waals surface area contributed by atoms with E-state index in [4.69, 9.17) is 10.7 Å². The first-order valence-corrected chi connectivity index (χ1v) is 9.82. The zero-order valence-electron chi connectivity index (χ0n) is 14.7. The van der Waals surface area contributed by atoms with Gasteiger partial charge in [0.1, 0.15) is 0 Å². The number of rotatable bonds is 2. The number of fused-ring (bicyclic) bond motifs is 1. The van der Waals surface area contributed by atoms with Crippen molar-refractivity contribution in [3.63, 3.8) is 0 Å². The summed E-state index contributed by atoms with van der Waals surface area (Å²) in [6, 6.07) is 23.0. The van der Waals surface area contributed by atoms with Gasteiger partial charge in [-0.25, -0.2) is 4.99 Å². The Bertz CT molecular complexity index is 1230. The number of hydrogen-bond acceptors (Lipinski definition) is 1. The lowest BCUT2D eigenvalue weighted by Crippen LogP contribution is -2.22. The zero-order chi connectivity index (χ0) is 18.4. The molecule has 1 aliphatic rings. The van der Waals surface area contributed by atoms with Crippen LogP contribution in [0.3, 0.4) is 0 Å². The molecule has 1 aliphatic carbocycles. The van der Waals surface area contributed by atoms with E-state index in [1.807, 2.05) is 24.3 Å². The van der Waals surface area contributed by atoms with E-state index >= 15 is 0 Å². The number of halogens is 1. The Hall–Kier alpha value is -2.85. The predicted octanol–water partition coefficient (Wildman–Crippen LogP) is 5.91. The van der Waals surface area contributed by atoms with E-state index in [9.17, 15) is 0 Å². The third-order valence-corrected chi connectivity index (χ3v) is 5.93. The quantitative estimate of drug-likeness (QED) is 0.315. The second-order valence-corrected chi connectivity index (χ2v) is 7.70. The number of anilines is 1. The molecule has 0 aliphatic heterocycles. The van der Waals surface area contributed by atoms with Crippen molar-refractivity contribution in [1.82, 2.24) is 0 Å². The van der Waals surface area contributed by atoms with E-state index < -0.39 is 0 Å². The van der Waals surface area contributed by atoms with Gasteiger partial charge in [0.05, 0.1) is 5.69 Å². The Balaban J connectivity index is 1.55. The minimum atomic E-state index is 0.405. The van der Waals surface area contributed by atoms with Crippen LogP contribution in [0.5, 0.6) is 0 Å². The summed E-state index contributed by atoms with van der Waals surface area (Å²) in [6.07, 6.45) is 2.09. The Morgan fingerprint density at radius 3 is 2.63 bits per heavy atom. The molecule has 27 heavy (non-hydrogen) atoms. The summed E-state index contributed by atoms with van der Waals surface area (Å²) in [5.41, 5.74) is 10.9. The highest BCUT2D eigenvalue weighted by Crippen LogP contribution is 2.37. The molecule has 4 heteroatoms. The van der Waals surface area contributed by atoms with Gasteiger partial charge in [-0.05, 0) is 58.3 Å². The van der Waals surface area contributed by atoms with Gasteiger partial charge in [-0.1, -0.05) is 64.5 Å². The van der Waals surface area contributed by atoms with Gasteiger partial charge in [-0.2, -0.15) is 0 Å². The molecule has 3 nitrogen and oxygen atoms in total. The maximum atomic E-state index is 6.28.